The molecule has 1 amide bonds. The molecule has 0 aliphatic carbocycles. The largest absolute Gasteiger partial charge is 0.497 e. The summed E-state index contributed by atoms with van der Waals surface area (Å²) in [5, 5.41) is 3.56. The van der Waals surface area contributed by atoms with Gasteiger partial charge in [-0.2, -0.15) is 0 Å². The summed E-state index contributed by atoms with van der Waals surface area (Å²) >= 11 is 7.36. The molecular formula is C24H24ClNO4S. The number of carbonyl (C=O) groups excluding carboxylic acids is 2. The lowest BCUT2D eigenvalue weighted by atomic mass is 10.1. The van der Waals surface area contributed by atoms with E-state index >= 15 is 0 Å². The first-order chi connectivity index (χ1) is 14.9. The number of amides is 1. The number of esters is 1. The second-order valence-electron chi connectivity index (χ2n) is 7.22. The Hall–Kier alpha value is -2.83. The Bertz CT molecular complexity index is 1040. The van der Waals surface area contributed by atoms with Crippen molar-refractivity contribution in [2.75, 3.05) is 7.11 Å². The van der Waals surface area contributed by atoms with Crippen LogP contribution in [0.25, 0.3) is 10.4 Å². The summed E-state index contributed by atoms with van der Waals surface area (Å²) in [4.78, 5) is 26.4. The molecule has 0 atom stereocenters. The van der Waals surface area contributed by atoms with Crippen LogP contribution >= 0.6 is 22.9 Å². The normalized spacial score (nSPS) is 10.7. The fourth-order valence-corrected chi connectivity index (χ4v) is 4.22. The summed E-state index contributed by atoms with van der Waals surface area (Å²) in [6.07, 6.45) is -0.101. The van der Waals surface area contributed by atoms with Crippen LogP contribution in [0.2, 0.25) is 5.02 Å². The zero-order valence-corrected chi connectivity index (χ0v) is 19.2. The minimum atomic E-state index is -0.326. The maximum Gasteiger partial charge on any atom is 0.310 e. The van der Waals surface area contributed by atoms with Crippen molar-refractivity contribution < 1.29 is 19.1 Å². The third-order valence-corrected chi connectivity index (χ3v) is 5.93. The highest BCUT2D eigenvalue weighted by atomic mass is 35.5. The molecule has 3 aromatic rings. The molecule has 7 heteroatoms. The first-order valence-electron chi connectivity index (χ1n) is 9.85. The van der Waals surface area contributed by atoms with Crippen LogP contribution in [-0.4, -0.2) is 25.1 Å². The first-order valence-corrected chi connectivity index (χ1v) is 11.0. The molecule has 0 aliphatic rings. The second kappa shape index (κ2) is 10.5. The summed E-state index contributed by atoms with van der Waals surface area (Å²) in [7, 11) is 1.61. The number of hydrogen-bond donors (Lipinski definition) is 1. The number of ether oxygens (including phenoxy) is 2. The second-order valence-corrected chi connectivity index (χ2v) is 8.71. The van der Waals surface area contributed by atoms with E-state index in [0.29, 0.717) is 16.4 Å². The number of benzene rings is 2. The van der Waals surface area contributed by atoms with Crippen molar-refractivity contribution in [1.29, 1.82) is 0 Å². The van der Waals surface area contributed by atoms with Crippen molar-refractivity contribution in [3.05, 3.63) is 75.6 Å². The third-order valence-electron chi connectivity index (χ3n) is 4.45. The SMILES string of the molecule is COc1ccc(CNC(=O)c2cc(CC(=O)OC(C)C)c(-c3ccc(Cl)cc3)s2)cc1. The topological polar surface area (TPSA) is 64.6 Å². The average molecular weight is 458 g/mol. The van der Waals surface area contributed by atoms with Crippen LogP contribution in [0.1, 0.15) is 34.6 Å². The molecule has 0 radical (unpaired) electrons. The quantitative estimate of drug-likeness (QED) is 0.453. The van der Waals surface area contributed by atoms with E-state index in [1.54, 1.807) is 25.3 Å². The van der Waals surface area contributed by atoms with Gasteiger partial charge in [-0.15, -0.1) is 11.3 Å². The van der Waals surface area contributed by atoms with Gasteiger partial charge in [0.1, 0.15) is 5.75 Å². The van der Waals surface area contributed by atoms with Gasteiger partial charge in [0.2, 0.25) is 0 Å². The lowest BCUT2D eigenvalue weighted by Gasteiger charge is -2.08. The van der Waals surface area contributed by atoms with Crippen LogP contribution < -0.4 is 10.1 Å². The molecule has 0 spiro atoms. The molecule has 1 aromatic heterocycles. The number of hydrogen-bond acceptors (Lipinski definition) is 5. The predicted molar refractivity (Wildman–Crippen MR) is 124 cm³/mol. The Morgan fingerprint density at radius 3 is 2.35 bits per heavy atom. The standard InChI is InChI=1S/C24H24ClNO4S/c1-15(2)30-22(27)13-18-12-21(31-23(18)17-6-8-19(25)9-7-17)24(28)26-14-16-4-10-20(29-3)11-5-16/h4-12,15H,13-14H2,1-3H3,(H,26,28). The van der Waals surface area contributed by atoms with Crippen molar-refractivity contribution in [3.8, 4) is 16.2 Å². The van der Waals surface area contributed by atoms with E-state index in [2.05, 4.69) is 5.32 Å². The maximum atomic E-state index is 12.8. The number of methoxy groups -OCH3 is 1. The van der Waals surface area contributed by atoms with Gasteiger partial charge in [0, 0.05) is 16.4 Å². The Morgan fingerprint density at radius 2 is 1.74 bits per heavy atom. The summed E-state index contributed by atoms with van der Waals surface area (Å²) in [5.41, 5.74) is 2.62. The van der Waals surface area contributed by atoms with Gasteiger partial charge < -0.3 is 14.8 Å². The van der Waals surface area contributed by atoms with Crippen LogP contribution in [0.5, 0.6) is 5.75 Å². The van der Waals surface area contributed by atoms with Crippen molar-refractivity contribution in [3.63, 3.8) is 0 Å². The Labute approximate surface area is 191 Å². The van der Waals surface area contributed by atoms with Gasteiger partial charge in [-0.3, -0.25) is 9.59 Å². The van der Waals surface area contributed by atoms with E-state index in [9.17, 15) is 9.59 Å². The highest BCUT2D eigenvalue weighted by Crippen LogP contribution is 2.34. The van der Waals surface area contributed by atoms with Crippen molar-refractivity contribution >= 4 is 34.8 Å². The first kappa shape index (κ1) is 22.8. The molecule has 0 saturated heterocycles. The molecule has 5 nitrogen and oxygen atoms in total. The van der Waals surface area contributed by atoms with Crippen molar-refractivity contribution in [1.82, 2.24) is 5.32 Å². The number of halogens is 1. The monoisotopic (exact) mass is 457 g/mol. The van der Waals surface area contributed by atoms with E-state index in [4.69, 9.17) is 21.1 Å². The van der Waals surface area contributed by atoms with Gasteiger partial charge in [0.25, 0.3) is 5.91 Å². The van der Waals surface area contributed by atoms with Crippen LogP contribution in [0.4, 0.5) is 0 Å². The van der Waals surface area contributed by atoms with Gasteiger partial charge in [-0.1, -0.05) is 35.9 Å². The summed E-state index contributed by atoms with van der Waals surface area (Å²) in [6.45, 7) is 4.01. The highest BCUT2D eigenvalue weighted by molar-refractivity contribution is 7.17. The van der Waals surface area contributed by atoms with Gasteiger partial charge >= 0.3 is 5.97 Å². The molecule has 2 aromatic carbocycles. The number of carbonyl (C=O) groups is 2. The predicted octanol–water partition coefficient (Wildman–Crippen LogP) is 5.50. The van der Waals surface area contributed by atoms with Crippen LogP contribution in [0.15, 0.2) is 54.6 Å². The molecule has 3 rings (SSSR count). The summed E-state index contributed by atoms with van der Waals surface area (Å²) in [6, 6.07) is 16.6. The summed E-state index contributed by atoms with van der Waals surface area (Å²) in [5.74, 6) is 0.242. The molecule has 1 heterocycles. The minimum absolute atomic E-state index is 0.0956. The minimum Gasteiger partial charge on any atom is -0.497 e. The molecule has 0 saturated carbocycles. The Balaban J connectivity index is 1.80. The van der Waals surface area contributed by atoms with E-state index in [1.165, 1.54) is 11.3 Å². The molecule has 1 N–H and O–H groups in total. The highest BCUT2D eigenvalue weighted by Gasteiger charge is 2.19. The maximum absolute atomic E-state index is 12.8. The number of rotatable bonds is 8. The average Bonchev–Trinajstić information content (AvgIpc) is 3.16. The van der Waals surface area contributed by atoms with Gasteiger partial charge in [0.15, 0.2) is 0 Å². The molecule has 162 valence electrons. The smallest absolute Gasteiger partial charge is 0.310 e. The Kier molecular flexibility index (Phi) is 7.71. The van der Waals surface area contributed by atoms with Gasteiger partial charge in [0.05, 0.1) is 24.5 Å². The van der Waals surface area contributed by atoms with Crippen molar-refractivity contribution in [2.45, 2.75) is 32.9 Å². The molecule has 0 fully saturated rings. The lowest BCUT2D eigenvalue weighted by molar-refractivity contribution is -0.146. The van der Waals surface area contributed by atoms with Crippen molar-refractivity contribution in [2.24, 2.45) is 0 Å². The molecule has 0 aliphatic heterocycles. The number of thiophene rings is 1. The van der Waals surface area contributed by atoms with Crippen LogP contribution in [0.3, 0.4) is 0 Å². The molecular weight excluding hydrogens is 434 g/mol. The van der Waals surface area contributed by atoms with E-state index < -0.39 is 0 Å². The molecule has 31 heavy (non-hydrogen) atoms. The zero-order chi connectivity index (χ0) is 22.4. The lowest BCUT2D eigenvalue weighted by Crippen LogP contribution is -2.21. The molecule has 0 bridgehead atoms. The van der Waals surface area contributed by atoms with E-state index in [-0.39, 0.29) is 24.4 Å². The fraction of sp³-hybridized carbons (Fsp3) is 0.250. The summed E-state index contributed by atoms with van der Waals surface area (Å²) < 4.78 is 10.4. The van der Waals surface area contributed by atoms with Gasteiger partial charge in [-0.05, 0) is 60.9 Å². The van der Waals surface area contributed by atoms with Crippen LogP contribution in [0, 0.1) is 0 Å². The number of nitrogens with one attached hydrogen (secondary N) is 1. The van der Waals surface area contributed by atoms with Gasteiger partial charge in [-0.25, -0.2) is 0 Å². The van der Waals surface area contributed by atoms with E-state index in [0.717, 1.165) is 27.3 Å². The zero-order valence-electron chi connectivity index (χ0n) is 17.6. The third kappa shape index (κ3) is 6.32. The fourth-order valence-electron chi connectivity index (χ4n) is 2.99. The van der Waals surface area contributed by atoms with E-state index in [1.807, 2.05) is 50.2 Å². The Morgan fingerprint density at radius 1 is 1.06 bits per heavy atom. The molecule has 0 unspecified atom stereocenters. The van der Waals surface area contributed by atoms with Crippen LogP contribution in [-0.2, 0) is 22.5 Å².